The summed E-state index contributed by atoms with van der Waals surface area (Å²) in [6.07, 6.45) is -0.592. The predicted molar refractivity (Wildman–Crippen MR) is 110 cm³/mol. The van der Waals surface area contributed by atoms with Crippen molar-refractivity contribution >= 4 is 41.3 Å². The van der Waals surface area contributed by atoms with E-state index in [2.05, 4.69) is 28.8 Å². The van der Waals surface area contributed by atoms with E-state index in [4.69, 9.17) is 0 Å². The van der Waals surface area contributed by atoms with Gasteiger partial charge in [-0.1, -0.05) is 32.2 Å². The third-order valence-corrected chi connectivity index (χ3v) is 4.81. The number of hydrogen-bond acceptors (Lipinski definition) is 4. The number of pyridine rings is 1. The van der Waals surface area contributed by atoms with E-state index in [1.165, 1.54) is 18.8 Å². The second-order valence-electron chi connectivity index (χ2n) is 5.64. The summed E-state index contributed by atoms with van der Waals surface area (Å²) in [5, 5.41) is 5.22. The molecule has 0 aliphatic heterocycles. The number of carbonyl (C=O) groups is 1. The van der Waals surface area contributed by atoms with E-state index in [1.54, 1.807) is 18.2 Å². The Morgan fingerprint density at radius 3 is 2.39 bits per heavy atom. The molecule has 8 heteroatoms. The highest BCUT2D eigenvalue weighted by Crippen LogP contribution is 2.33. The average Bonchev–Trinajstić information content (AvgIpc) is 2.66. The minimum atomic E-state index is -4.57. The summed E-state index contributed by atoms with van der Waals surface area (Å²) < 4.78 is 39.0. The third-order valence-electron chi connectivity index (χ3n) is 3.87. The van der Waals surface area contributed by atoms with Crippen LogP contribution in [0.1, 0.15) is 34.0 Å². The van der Waals surface area contributed by atoms with E-state index in [0.717, 1.165) is 17.4 Å². The van der Waals surface area contributed by atoms with Crippen molar-refractivity contribution in [3.63, 3.8) is 0 Å². The number of rotatable bonds is 7. The van der Waals surface area contributed by atoms with E-state index < -0.39 is 17.6 Å². The average molecular weight is 407 g/mol. The summed E-state index contributed by atoms with van der Waals surface area (Å²) in [4.78, 5) is 17.3. The third kappa shape index (κ3) is 4.75. The smallest absolute Gasteiger partial charge is 0.371 e. The van der Waals surface area contributed by atoms with Crippen LogP contribution in [-0.4, -0.2) is 23.7 Å². The van der Waals surface area contributed by atoms with Gasteiger partial charge < -0.3 is 10.6 Å². The molecule has 0 saturated heterocycles. The van der Waals surface area contributed by atoms with Gasteiger partial charge in [-0.05, 0) is 35.1 Å². The number of benzene rings is 1. The van der Waals surface area contributed by atoms with Gasteiger partial charge in [0.2, 0.25) is 0 Å². The lowest BCUT2D eigenvalue weighted by atomic mass is 10.0. The molecule has 0 spiro atoms. The molecule has 1 heterocycles. The number of aromatic nitrogens is 1. The van der Waals surface area contributed by atoms with Crippen molar-refractivity contribution in [2.24, 2.45) is 0 Å². The molecule has 2 rings (SSSR count). The van der Waals surface area contributed by atoms with Crippen molar-refractivity contribution in [2.45, 2.75) is 18.0 Å². The summed E-state index contributed by atoms with van der Waals surface area (Å²) in [5.41, 5.74) is 0.865. The van der Waals surface area contributed by atoms with E-state index in [1.807, 2.05) is 13.0 Å². The van der Waals surface area contributed by atoms with Crippen molar-refractivity contribution in [2.75, 3.05) is 23.4 Å². The second kappa shape index (κ2) is 8.97. The van der Waals surface area contributed by atoms with Gasteiger partial charge in [0.05, 0.1) is 16.8 Å². The van der Waals surface area contributed by atoms with Gasteiger partial charge in [0.25, 0.3) is 5.91 Å². The first-order valence-electron chi connectivity index (χ1n) is 8.37. The van der Waals surface area contributed by atoms with Crippen molar-refractivity contribution in [1.82, 2.24) is 4.98 Å². The molecule has 1 amide bonds. The normalized spacial score (nSPS) is 11.0. The molecule has 0 fully saturated rings. The number of nitrogens with one attached hydrogen (secondary N) is 2. The first-order valence-corrected chi connectivity index (χ1v) is 9.35. The fourth-order valence-electron chi connectivity index (χ4n) is 2.52. The van der Waals surface area contributed by atoms with Crippen LogP contribution in [0.15, 0.2) is 42.4 Å². The highest BCUT2D eigenvalue weighted by Gasteiger charge is 2.32. The molecule has 4 nitrogen and oxygen atoms in total. The van der Waals surface area contributed by atoms with E-state index in [0.29, 0.717) is 22.2 Å². The van der Waals surface area contributed by atoms with Crippen molar-refractivity contribution in [3.8, 4) is 0 Å². The SMILES string of the molecule is C=Cc1cc(SCC)c(C(=O)Nc2cc(C(F)(F)F)cnc2NC)cc1C=C. The Hall–Kier alpha value is -2.74. The maximum atomic E-state index is 13.0. The lowest BCUT2D eigenvalue weighted by Crippen LogP contribution is -2.16. The highest BCUT2D eigenvalue weighted by atomic mass is 32.2. The number of anilines is 2. The number of amides is 1. The molecule has 1 aromatic carbocycles. The molecule has 0 aliphatic rings. The van der Waals surface area contributed by atoms with E-state index in [9.17, 15) is 18.0 Å². The fraction of sp³-hybridized carbons (Fsp3) is 0.200. The standard InChI is InChI=1S/C20H20F3N3OS/c1-5-12-8-15(17(28-7-3)9-13(12)6-2)19(27)26-16-10-14(20(21,22)23)11-25-18(16)24-4/h5-6,8-11H,1-2,7H2,3-4H3,(H,24,25)(H,26,27). The minimum Gasteiger partial charge on any atom is -0.371 e. The van der Waals surface area contributed by atoms with Crippen molar-refractivity contribution in [3.05, 3.63) is 59.8 Å². The summed E-state index contributed by atoms with van der Waals surface area (Å²) >= 11 is 1.45. The largest absolute Gasteiger partial charge is 0.417 e. The molecule has 1 aromatic heterocycles. The Bertz CT molecular complexity index is 910. The monoisotopic (exact) mass is 407 g/mol. The molecule has 0 radical (unpaired) electrons. The van der Waals surface area contributed by atoms with Gasteiger partial charge in [0.1, 0.15) is 5.82 Å². The number of hydrogen-bond donors (Lipinski definition) is 2. The van der Waals surface area contributed by atoms with Crippen LogP contribution in [0.3, 0.4) is 0 Å². The predicted octanol–water partition coefficient (Wildman–Crippen LogP) is 5.79. The molecule has 2 N–H and O–H groups in total. The summed E-state index contributed by atoms with van der Waals surface area (Å²) in [6.45, 7) is 9.43. The number of carbonyl (C=O) groups excluding carboxylic acids is 1. The van der Waals surface area contributed by atoms with E-state index in [-0.39, 0.29) is 11.5 Å². The molecule has 0 aliphatic carbocycles. The van der Waals surface area contributed by atoms with Crippen LogP contribution in [0, 0.1) is 0 Å². The quantitative estimate of drug-likeness (QED) is 0.570. The maximum absolute atomic E-state index is 13.0. The number of thioether (sulfide) groups is 1. The molecule has 0 atom stereocenters. The van der Waals surface area contributed by atoms with Gasteiger partial charge in [-0.25, -0.2) is 4.98 Å². The first-order chi connectivity index (χ1) is 13.2. The van der Waals surface area contributed by atoms with Crippen LogP contribution < -0.4 is 10.6 Å². The molecule has 2 aromatic rings. The Morgan fingerprint density at radius 1 is 1.21 bits per heavy atom. The zero-order valence-electron chi connectivity index (χ0n) is 15.5. The number of nitrogens with zero attached hydrogens (tertiary/aromatic N) is 1. The summed E-state index contributed by atoms with van der Waals surface area (Å²) in [5.74, 6) is 0.321. The van der Waals surface area contributed by atoms with Crippen LogP contribution in [0.2, 0.25) is 0 Å². The summed E-state index contributed by atoms with van der Waals surface area (Å²) in [7, 11) is 1.51. The zero-order chi connectivity index (χ0) is 20.9. The van der Waals surface area contributed by atoms with Gasteiger partial charge >= 0.3 is 6.18 Å². The van der Waals surface area contributed by atoms with E-state index >= 15 is 0 Å². The van der Waals surface area contributed by atoms with Crippen LogP contribution in [-0.2, 0) is 6.18 Å². The fourth-order valence-corrected chi connectivity index (χ4v) is 3.35. The van der Waals surface area contributed by atoms with Crippen LogP contribution in [0.4, 0.5) is 24.7 Å². The molecule has 0 saturated carbocycles. The Morgan fingerprint density at radius 2 is 1.86 bits per heavy atom. The highest BCUT2D eigenvalue weighted by molar-refractivity contribution is 7.99. The molecular weight excluding hydrogens is 387 g/mol. The van der Waals surface area contributed by atoms with Crippen LogP contribution in [0.25, 0.3) is 12.2 Å². The van der Waals surface area contributed by atoms with Crippen LogP contribution in [0.5, 0.6) is 0 Å². The lowest BCUT2D eigenvalue weighted by Gasteiger charge is -2.16. The zero-order valence-corrected chi connectivity index (χ0v) is 16.3. The molecule has 0 bridgehead atoms. The van der Waals surface area contributed by atoms with Crippen molar-refractivity contribution in [1.29, 1.82) is 0 Å². The maximum Gasteiger partial charge on any atom is 0.417 e. The Balaban J connectivity index is 2.49. The Labute approximate surface area is 165 Å². The minimum absolute atomic E-state index is 0.0530. The van der Waals surface area contributed by atoms with Gasteiger partial charge in [0, 0.05) is 18.1 Å². The molecular formula is C20H20F3N3OS. The second-order valence-corrected chi connectivity index (χ2v) is 6.95. The molecule has 148 valence electrons. The number of alkyl halides is 3. The Kier molecular flexibility index (Phi) is 6.90. The molecule has 28 heavy (non-hydrogen) atoms. The van der Waals surface area contributed by atoms with Crippen LogP contribution >= 0.6 is 11.8 Å². The lowest BCUT2D eigenvalue weighted by molar-refractivity contribution is -0.137. The molecule has 0 unspecified atom stereocenters. The van der Waals surface area contributed by atoms with Gasteiger partial charge in [-0.15, -0.1) is 11.8 Å². The number of halogens is 3. The summed E-state index contributed by atoms with van der Waals surface area (Å²) in [6, 6.07) is 4.32. The first kappa shape index (κ1) is 21.6. The van der Waals surface area contributed by atoms with Gasteiger partial charge in [0.15, 0.2) is 0 Å². The van der Waals surface area contributed by atoms with Gasteiger partial charge in [-0.3, -0.25) is 4.79 Å². The topological polar surface area (TPSA) is 54.0 Å². The van der Waals surface area contributed by atoms with Crippen molar-refractivity contribution < 1.29 is 18.0 Å². The van der Waals surface area contributed by atoms with Gasteiger partial charge in [-0.2, -0.15) is 13.2 Å².